The summed E-state index contributed by atoms with van der Waals surface area (Å²) in [6.45, 7) is 5.73. The van der Waals surface area contributed by atoms with Crippen LogP contribution >= 0.6 is 15.9 Å². The fraction of sp³-hybridized carbons (Fsp3) is 0.417. The lowest BCUT2D eigenvalue weighted by molar-refractivity contribution is -0.139. The number of rotatable bonds is 11. The molecule has 186 valence electrons. The molecule has 2 rings (SSSR count). The zero-order valence-electron chi connectivity index (χ0n) is 20.1. The third kappa shape index (κ3) is 8.02. The molecule has 0 unspecified atom stereocenters. The highest BCUT2D eigenvalue weighted by Crippen LogP contribution is 2.23. The lowest BCUT2D eigenvalue weighted by Crippen LogP contribution is -2.51. The topological polar surface area (TPSA) is 96.0 Å². The molecule has 10 heteroatoms. The third-order valence-corrected chi connectivity index (χ3v) is 6.75. The van der Waals surface area contributed by atoms with Gasteiger partial charge in [0, 0.05) is 17.6 Å². The van der Waals surface area contributed by atoms with E-state index in [-0.39, 0.29) is 18.4 Å². The molecule has 8 nitrogen and oxygen atoms in total. The zero-order chi connectivity index (χ0) is 25.5. The summed E-state index contributed by atoms with van der Waals surface area (Å²) < 4.78 is 32.1. The Morgan fingerprint density at radius 2 is 1.76 bits per heavy atom. The van der Waals surface area contributed by atoms with E-state index in [1.807, 2.05) is 19.9 Å². The molecule has 0 radical (unpaired) electrons. The van der Waals surface area contributed by atoms with E-state index in [0.717, 1.165) is 16.1 Å². The molecular weight excluding hydrogens is 522 g/mol. The van der Waals surface area contributed by atoms with Crippen molar-refractivity contribution in [1.82, 2.24) is 10.2 Å². The monoisotopic (exact) mass is 553 g/mol. The van der Waals surface area contributed by atoms with E-state index in [2.05, 4.69) is 21.2 Å². The van der Waals surface area contributed by atoms with Crippen molar-refractivity contribution in [3.05, 3.63) is 58.6 Å². The first-order valence-electron chi connectivity index (χ1n) is 10.9. The normalized spacial score (nSPS) is 12.2. The van der Waals surface area contributed by atoms with E-state index in [9.17, 15) is 18.0 Å². The van der Waals surface area contributed by atoms with Crippen molar-refractivity contribution in [2.75, 3.05) is 30.8 Å². The van der Waals surface area contributed by atoms with Gasteiger partial charge in [-0.15, -0.1) is 0 Å². The Hall–Kier alpha value is -2.59. The number of hydrogen-bond acceptors (Lipinski definition) is 5. The van der Waals surface area contributed by atoms with E-state index in [1.54, 1.807) is 56.5 Å². The highest BCUT2D eigenvalue weighted by molar-refractivity contribution is 9.10. The first kappa shape index (κ1) is 27.7. The quantitative estimate of drug-likeness (QED) is 0.460. The molecule has 0 aliphatic heterocycles. The van der Waals surface area contributed by atoms with Gasteiger partial charge in [-0.25, -0.2) is 8.42 Å². The van der Waals surface area contributed by atoms with E-state index in [4.69, 9.17) is 4.74 Å². The minimum atomic E-state index is -3.77. The van der Waals surface area contributed by atoms with E-state index in [1.165, 1.54) is 4.90 Å². The van der Waals surface area contributed by atoms with Gasteiger partial charge in [0.05, 0.1) is 19.1 Å². The van der Waals surface area contributed by atoms with Crippen LogP contribution in [0.1, 0.15) is 26.3 Å². The molecule has 1 atom stereocenters. The number of carbonyl (C=O) groups is 2. The van der Waals surface area contributed by atoms with Crippen LogP contribution in [0, 0.1) is 5.92 Å². The number of nitrogens with one attached hydrogen (secondary N) is 1. The SMILES string of the molecule is COc1cccc(CN(C(=O)CN(c2cccc(Br)c2)S(C)(=O)=O)[C@@H](C)C(=O)NCC(C)C)c1. The van der Waals surface area contributed by atoms with Crippen molar-refractivity contribution in [3.63, 3.8) is 0 Å². The molecule has 0 bridgehead atoms. The number of carbonyl (C=O) groups excluding carboxylic acids is 2. The van der Waals surface area contributed by atoms with Gasteiger partial charge in [0.15, 0.2) is 0 Å². The van der Waals surface area contributed by atoms with Crippen LogP contribution in [-0.4, -0.2) is 57.6 Å². The van der Waals surface area contributed by atoms with Crippen molar-refractivity contribution >= 4 is 43.5 Å². The van der Waals surface area contributed by atoms with Gasteiger partial charge in [-0.2, -0.15) is 0 Å². The number of anilines is 1. The average Bonchev–Trinajstić information content (AvgIpc) is 2.78. The largest absolute Gasteiger partial charge is 0.497 e. The molecule has 2 amide bonds. The van der Waals surface area contributed by atoms with Crippen LogP contribution in [0.3, 0.4) is 0 Å². The van der Waals surface area contributed by atoms with Crippen LogP contribution in [0.4, 0.5) is 5.69 Å². The maximum Gasteiger partial charge on any atom is 0.244 e. The molecule has 0 aromatic heterocycles. The van der Waals surface area contributed by atoms with Crippen molar-refractivity contribution in [1.29, 1.82) is 0 Å². The van der Waals surface area contributed by atoms with Crippen molar-refractivity contribution in [2.45, 2.75) is 33.4 Å². The van der Waals surface area contributed by atoms with Gasteiger partial charge in [-0.05, 0) is 48.7 Å². The molecule has 34 heavy (non-hydrogen) atoms. The zero-order valence-corrected chi connectivity index (χ0v) is 22.5. The Morgan fingerprint density at radius 1 is 1.09 bits per heavy atom. The Labute approximate surface area is 210 Å². The molecule has 0 aliphatic rings. The van der Waals surface area contributed by atoms with Gasteiger partial charge >= 0.3 is 0 Å². The molecule has 0 spiro atoms. The molecule has 0 fully saturated rings. The van der Waals surface area contributed by atoms with E-state index < -0.39 is 28.5 Å². The summed E-state index contributed by atoms with van der Waals surface area (Å²) in [7, 11) is -2.22. The van der Waals surface area contributed by atoms with Crippen LogP contribution in [0.2, 0.25) is 0 Å². The first-order valence-corrected chi connectivity index (χ1v) is 13.5. The van der Waals surface area contributed by atoms with Crippen LogP contribution in [0.25, 0.3) is 0 Å². The minimum absolute atomic E-state index is 0.113. The molecule has 0 saturated carbocycles. The summed E-state index contributed by atoms with van der Waals surface area (Å²) in [4.78, 5) is 27.7. The number of nitrogens with zero attached hydrogens (tertiary/aromatic N) is 2. The van der Waals surface area contributed by atoms with Gasteiger partial charge in [0.25, 0.3) is 0 Å². The number of sulfonamides is 1. The Morgan fingerprint density at radius 3 is 2.35 bits per heavy atom. The molecule has 0 aliphatic carbocycles. The Kier molecular flexibility index (Phi) is 9.93. The van der Waals surface area contributed by atoms with Crippen LogP contribution in [0.15, 0.2) is 53.0 Å². The summed E-state index contributed by atoms with van der Waals surface area (Å²) >= 11 is 3.34. The number of ether oxygens (including phenoxy) is 1. The molecule has 0 heterocycles. The number of halogens is 1. The van der Waals surface area contributed by atoms with Gasteiger partial charge in [0.1, 0.15) is 18.3 Å². The Balaban J connectivity index is 2.38. The van der Waals surface area contributed by atoms with E-state index in [0.29, 0.717) is 22.5 Å². The second kappa shape index (κ2) is 12.2. The highest BCUT2D eigenvalue weighted by Gasteiger charge is 2.30. The van der Waals surface area contributed by atoms with Crippen molar-refractivity contribution in [3.8, 4) is 5.75 Å². The minimum Gasteiger partial charge on any atom is -0.497 e. The van der Waals surface area contributed by atoms with Crippen LogP contribution in [0.5, 0.6) is 5.75 Å². The molecule has 2 aromatic rings. The van der Waals surface area contributed by atoms with Crippen LogP contribution < -0.4 is 14.4 Å². The van der Waals surface area contributed by atoms with Crippen LogP contribution in [-0.2, 0) is 26.2 Å². The lowest BCUT2D eigenvalue weighted by Gasteiger charge is -2.31. The molecular formula is C24H32BrN3O5S. The fourth-order valence-electron chi connectivity index (χ4n) is 3.25. The van der Waals surface area contributed by atoms with Gasteiger partial charge in [-0.1, -0.05) is 48.0 Å². The summed E-state index contributed by atoms with van der Waals surface area (Å²) in [5.41, 5.74) is 1.10. The summed E-state index contributed by atoms with van der Waals surface area (Å²) in [5.74, 6) is 0.0587. The number of amides is 2. The van der Waals surface area contributed by atoms with Crippen molar-refractivity contribution in [2.24, 2.45) is 5.92 Å². The van der Waals surface area contributed by atoms with Crippen molar-refractivity contribution < 1.29 is 22.7 Å². The molecule has 2 aromatic carbocycles. The average molecular weight is 555 g/mol. The fourth-order valence-corrected chi connectivity index (χ4v) is 4.48. The summed E-state index contributed by atoms with van der Waals surface area (Å²) in [6.07, 6.45) is 1.05. The predicted octanol–water partition coefficient (Wildman–Crippen LogP) is 3.41. The number of methoxy groups -OCH3 is 1. The standard InChI is InChI=1S/C24H32BrN3O5S/c1-17(2)14-26-24(30)18(3)27(15-19-8-6-11-22(12-19)33-4)23(29)16-28(34(5,31)32)21-10-7-9-20(25)13-21/h6-13,17-18H,14-16H2,1-5H3,(H,26,30)/t18-/m0/s1. The third-order valence-electron chi connectivity index (χ3n) is 5.11. The predicted molar refractivity (Wildman–Crippen MR) is 137 cm³/mol. The lowest BCUT2D eigenvalue weighted by atomic mass is 10.1. The highest BCUT2D eigenvalue weighted by atomic mass is 79.9. The first-order chi connectivity index (χ1) is 15.9. The summed E-state index contributed by atoms with van der Waals surface area (Å²) in [6, 6.07) is 13.1. The number of benzene rings is 2. The summed E-state index contributed by atoms with van der Waals surface area (Å²) in [5, 5.41) is 2.85. The second-order valence-electron chi connectivity index (χ2n) is 8.44. The Bertz CT molecular complexity index is 1110. The number of hydrogen-bond donors (Lipinski definition) is 1. The smallest absolute Gasteiger partial charge is 0.244 e. The van der Waals surface area contributed by atoms with Gasteiger partial charge in [-0.3, -0.25) is 13.9 Å². The van der Waals surface area contributed by atoms with E-state index >= 15 is 0 Å². The molecule has 1 N–H and O–H groups in total. The second-order valence-corrected chi connectivity index (χ2v) is 11.3. The van der Waals surface area contributed by atoms with Gasteiger partial charge in [0.2, 0.25) is 21.8 Å². The maximum atomic E-state index is 13.5. The van der Waals surface area contributed by atoms with Gasteiger partial charge < -0.3 is 15.0 Å². The molecule has 0 saturated heterocycles. The maximum absolute atomic E-state index is 13.5.